The monoisotopic (exact) mass is 269 g/mol. The fourth-order valence-corrected chi connectivity index (χ4v) is 2.48. The third kappa shape index (κ3) is 3.66. The van der Waals surface area contributed by atoms with Crippen LogP contribution in [-0.4, -0.2) is 17.6 Å². The molecule has 1 aromatic rings. The predicted octanol–water partition coefficient (Wildman–Crippen LogP) is 3.27. The van der Waals surface area contributed by atoms with Crippen LogP contribution in [0, 0.1) is 23.5 Å². The van der Waals surface area contributed by atoms with Crippen LogP contribution in [0.5, 0.6) is 0 Å². The van der Waals surface area contributed by atoms with Crippen molar-refractivity contribution in [1.29, 1.82) is 0 Å². The SMILES string of the molecule is O=C(O)C1CCC(CNc2ccc(F)c(F)c2)CC1. The average Bonchev–Trinajstić information content (AvgIpc) is 2.40. The van der Waals surface area contributed by atoms with Gasteiger partial charge in [0.2, 0.25) is 0 Å². The number of carbonyl (C=O) groups is 1. The van der Waals surface area contributed by atoms with Gasteiger partial charge in [-0.3, -0.25) is 4.79 Å². The first-order chi connectivity index (χ1) is 9.06. The molecule has 0 atom stereocenters. The van der Waals surface area contributed by atoms with Gasteiger partial charge < -0.3 is 10.4 Å². The van der Waals surface area contributed by atoms with Gasteiger partial charge in [0.15, 0.2) is 11.6 Å². The van der Waals surface area contributed by atoms with Crippen LogP contribution in [0.2, 0.25) is 0 Å². The van der Waals surface area contributed by atoms with E-state index in [9.17, 15) is 13.6 Å². The van der Waals surface area contributed by atoms with Crippen LogP contribution >= 0.6 is 0 Å². The predicted molar refractivity (Wildman–Crippen MR) is 67.9 cm³/mol. The zero-order valence-corrected chi connectivity index (χ0v) is 10.5. The van der Waals surface area contributed by atoms with Crippen molar-refractivity contribution in [2.24, 2.45) is 11.8 Å². The molecule has 1 fully saturated rings. The van der Waals surface area contributed by atoms with Crippen molar-refractivity contribution in [3.8, 4) is 0 Å². The summed E-state index contributed by atoms with van der Waals surface area (Å²) in [6.45, 7) is 0.664. The summed E-state index contributed by atoms with van der Waals surface area (Å²) >= 11 is 0. The maximum Gasteiger partial charge on any atom is 0.306 e. The Balaban J connectivity index is 1.80. The van der Waals surface area contributed by atoms with Gasteiger partial charge in [0.05, 0.1) is 5.92 Å². The minimum atomic E-state index is -0.861. The fourth-order valence-electron chi connectivity index (χ4n) is 2.48. The van der Waals surface area contributed by atoms with Crippen molar-refractivity contribution in [2.75, 3.05) is 11.9 Å². The Morgan fingerprint density at radius 1 is 1.21 bits per heavy atom. The molecule has 0 aliphatic heterocycles. The Labute approximate surface area is 110 Å². The molecule has 0 radical (unpaired) electrons. The molecule has 104 valence electrons. The second kappa shape index (κ2) is 5.99. The van der Waals surface area contributed by atoms with Crippen LogP contribution < -0.4 is 5.32 Å². The molecule has 0 aromatic heterocycles. The first-order valence-electron chi connectivity index (χ1n) is 6.48. The summed E-state index contributed by atoms with van der Waals surface area (Å²) in [4.78, 5) is 10.8. The molecule has 3 nitrogen and oxygen atoms in total. The maximum atomic E-state index is 13.0. The Morgan fingerprint density at radius 3 is 2.47 bits per heavy atom. The highest BCUT2D eigenvalue weighted by molar-refractivity contribution is 5.70. The molecule has 0 heterocycles. The van der Waals surface area contributed by atoms with Crippen molar-refractivity contribution < 1.29 is 18.7 Å². The Kier molecular flexibility index (Phi) is 4.35. The van der Waals surface area contributed by atoms with Gasteiger partial charge in [-0.25, -0.2) is 8.78 Å². The third-order valence-corrected chi connectivity index (χ3v) is 3.71. The molecule has 1 aromatic carbocycles. The summed E-state index contributed by atoms with van der Waals surface area (Å²) in [6.07, 6.45) is 3.10. The molecule has 0 bridgehead atoms. The van der Waals surface area contributed by atoms with E-state index in [2.05, 4.69) is 5.32 Å². The molecule has 19 heavy (non-hydrogen) atoms. The number of hydrogen-bond acceptors (Lipinski definition) is 2. The Bertz CT molecular complexity index is 457. The second-order valence-corrected chi connectivity index (χ2v) is 5.07. The first-order valence-corrected chi connectivity index (χ1v) is 6.48. The van der Waals surface area contributed by atoms with Crippen LogP contribution in [0.4, 0.5) is 14.5 Å². The number of carboxylic acids is 1. The Hall–Kier alpha value is -1.65. The quantitative estimate of drug-likeness (QED) is 0.882. The van der Waals surface area contributed by atoms with E-state index in [-0.39, 0.29) is 5.92 Å². The van der Waals surface area contributed by atoms with Crippen molar-refractivity contribution in [2.45, 2.75) is 25.7 Å². The molecule has 0 spiro atoms. The average molecular weight is 269 g/mol. The highest BCUT2D eigenvalue weighted by Gasteiger charge is 2.25. The van der Waals surface area contributed by atoms with Crippen LogP contribution in [0.15, 0.2) is 18.2 Å². The Morgan fingerprint density at radius 2 is 1.89 bits per heavy atom. The van der Waals surface area contributed by atoms with Crippen LogP contribution in [0.3, 0.4) is 0 Å². The molecular formula is C14H17F2NO2. The minimum absolute atomic E-state index is 0.223. The lowest BCUT2D eigenvalue weighted by Gasteiger charge is -2.26. The van der Waals surface area contributed by atoms with Crippen LogP contribution in [0.25, 0.3) is 0 Å². The van der Waals surface area contributed by atoms with Crippen molar-refractivity contribution in [3.63, 3.8) is 0 Å². The summed E-state index contributed by atoms with van der Waals surface area (Å²) < 4.78 is 25.8. The number of anilines is 1. The maximum absolute atomic E-state index is 13.0. The topological polar surface area (TPSA) is 49.3 Å². The van der Waals surface area contributed by atoms with E-state index < -0.39 is 17.6 Å². The number of carboxylic acid groups (broad SMARTS) is 1. The summed E-state index contributed by atoms with van der Waals surface area (Å²) in [7, 11) is 0. The van der Waals surface area contributed by atoms with E-state index in [0.29, 0.717) is 31.0 Å². The molecule has 0 unspecified atom stereocenters. The van der Waals surface area contributed by atoms with Gasteiger partial charge in [-0.05, 0) is 49.8 Å². The highest BCUT2D eigenvalue weighted by Crippen LogP contribution is 2.29. The van der Waals surface area contributed by atoms with Gasteiger partial charge in [-0.1, -0.05) is 0 Å². The van der Waals surface area contributed by atoms with E-state index in [4.69, 9.17) is 5.11 Å². The lowest BCUT2D eigenvalue weighted by molar-refractivity contribution is -0.143. The zero-order valence-electron chi connectivity index (χ0n) is 10.5. The van der Waals surface area contributed by atoms with E-state index in [1.165, 1.54) is 6.07 Å². The van der Waals surface area contributed by atoms with Gasteiger partial charge in [0.25, 0.3) is 0 Å². The van der Waals surface area contributed by atoms with Gasteiger partial charge in [-0.15, -0.1) is 0 Å². The second-order valence-electron chi connectivity index (χ2n) is 5.07. The lowest BCUT2D eigenvalue weighted by Crippen LogP contribution is -2.25. The summed E-state index contributed by atoms with van der Waals surface area (Å²) in [5.74, 6) is -2.26. The number of hydrogen-bond donors (Lipinski definition) is 2. The number of aliphatic carboxylic acids is 1. The number of rotatable bonds is 4. The number of benzene rings is 1. The largest absolute Gasteiger partial charge is 0.481 e. The highest BCUT2D eigenvalue weighted by atomic mass is 19.2. The molecule has 0 saturated heterocycles. The zero-order chi connectivity index (χ0) is 13.8. The molecule has 1 aliphatic rings. The molecule has 1 aliphatic carbocycles. The van der Waals surface area contributed by atoms with E-state index in [1.54, 1.807) is 0 Å². The van der Waals surface area contributed by atoms with E-state index in [0.717, 1.165) is 25.0 Å². The van der Waals surface area contributed by atoms with Gasteiger partial charge >= 0.3 is 5.97 Å². The summed E-state index contributed by atoms with van der Waals surface area (Å²) in [5, 5.41) is 12.0. The molecule has 5 heteroatoms. The molecule has 0 amide bonds. The van der Waals surface area contributed by atoms with E-state index in [1.807, 2.05) is 0 Å². The summed E-state index contributed by atoms with van der Waals surface area (Å²) in [5.41, 5.74) is 0.555. The van der Waals surface area contributed by atoms with Gasteiger partial charge in [0.1, 0.15) is 0 Å². The lowest BCUT2D eigenvalue weighted by atomic mass is 9.82. The smallest absolute Gasteiger partial charge is 0.306 e. The fraction of sp³-hybridized carbons (Fsp3) is 0.500. The third-order valence-electron chi connectivity index (χ3n) is 3.71. The van der Waals surface area contributed by atoms with Gasteiger partial charge in [-0.2, -0.15) is 0 Å². The van der Waals surface area contributed by atoms with Crippen LogP contribution in [-0.2, 0) is 4.79 Å². The van der Waals surface area contributed by atoms with Crippen molar-refractivity contribution in [1.82, 2.24) is 0 Å². The molecule has 2 rings (SSSR count). The molecule has 2 N–H and O–H groups in total. The van der Waals surface area contributed by atoms with Crippen molar-refractivity contribution in [3.05, 3.63) is 29.8 Å². The van der Waals surface area contributed by atoms with Crippen molar-refractivity contribution >= 4 is 11.7 Å². The molecular weight excluding hydrogens is 252 g/mol. The van der Waals surface area contributed by atoms with Gasteiger partial charge in [0, 0.05) is 12.2 Å². The molecule has 1 saturated carbocycles. The normalized spacial score (nSPS) is 23.1. The minimum Gasteiger partial charge on any atom is -0.481 e. The van der Waals surface area contributed by atoms with E-state index >= 15 is 0 Å². The van der Waals surface area contributed by atoms with Crippen LogP contribution in [0.1, 0.15) is 25.7 Å². The number of nitrogens with one attached hydrogen (secondary N) is 1. The standard InChI is InChI=1S/C14H17F2NO2/c15-12-6-5-11(7-13(12)16)17-8-9-1-3-10(4-2-9)14(18)19/h5-7,9-10,17H,1-4,8H2,(H,18,19). The number of halogens is 2. The first kappa shape index (κ1) is 13.8. The summed E-state index contributed by atoms with van der Waals surface area (Å²) in [6, 6.07) is 3.73.